The quantitative estimate of drug-likeness (QED) is 0.602. The van der Waals surface area contributed by atoms with E-state index in [0.717, 1.165) is 10.0 Å². The molecular formula is C15H8BrClN2O2. The molecule has 0 radical (unpaired) electrons. The summed E-state index contributed by atoms with van der Waals surface area (Å²) >= 11 is 9.14. The number of aliphatic imine (C=N–C) groups is 1. The number of benzene rings is 1. The highest BCUT2D eigenvalue weighted by molar-refractivity contribution is 9.10. The lowest BCUT2D eigenvalue weighted by Gasteiger charge is -1.98. The molecule has 4 nitrogen and oxygen atoms in total. The second-order valence-corrected chi connectivity index (χ2v) is 5.63. The Morgan fingerprint density at radius 2 is 1.95 bits per heavy atom. The van der Waals surface area contributed by atoms with Crippen LogP contribution in [-0.2, 0) is 9.53 Å². The number of nitrogens with zero attached hydrogens (tertiary/aromatic N) is 2. The number of rotatable bonds is 2. The van der Waals surface area contributed by atoms with Gasteiger partial charge in [0.05, 0.1) is 5.56 Å². The third-order valence-corrected chi connectivity index (χ3v) is 3.43. The van der Waals surface area contributed by atoms with E-state index < -0.39 is 5.97 Å². The molecule has 0 saturated heterocycles. The lowest BCUT2D eigenvalue weighted by molar-refractivity contribution is -0.129. The van der Waals surface area contributed by atoms with E-state index >= 15 is 0 Å². The van der Waals surface area contributed by atoms with Crippen LogP contribution in [0.3, 0.4) is 0 Å². The molecule has 3 rings (SSSR count). The Kier molecular flexibility index (Phi) is 3.86. The molecule has 6 heteroatoms. The Morgan fingerprint density at radius 3 is 2.67 bits per heavy atom. The van der Waals surface area contributed by atoms with Gasteiger partial charge in [-0.15, -0.1) is 0 Å². The van der Waals surface area contributed by atoms with Crippen molar-refractivity contribution in [2.24, 2.45) is 4.99 Å². The number of ether oxygens (including phenoxy) is 1. The van der Waals surface area contributed by atoms with Gasteiger partial charge in [-0.2, -0.15) is 0 Å². The number of hydrogen-bond acceptors (Lipinski definition) is 4. The number of esters is 1. The van der Waals surface area contributed by atoms with Crippen molar-refractivity contribution in [1.29, 1.82) is 0 Å². The minimum absolute atomic E-state index is 0.243. The molecule has 104 valence electrons. The first kappa shape index (κ1) is 14.0. The molecule has 0 bridgehead atoms. The van der Waals surface area contributed by atoms with Crippen LogP contribution in [0.1, 0.15) is 11.1 Å². The number of aromatic nitrogens is 1. The first-order valence-corrected chi connectivity index (χ1v) is 7.18. The Labute approximate surface area is 134 Å². The molecule has 2 aromatic rings. The van der Waals surface area contributed by atoms with E-state index in [0.29, 0.717) is 10.6 Å². The van der Waals surface area contributed by atoms with E-state index in [1.807, 2.05) is 0 Å². The van der Waals surface area contributed by atoms with Crippen molar-refractivity contribution in [1.82, 2.24) is 4.98 Å². The SMILES string of the molecule is O=C1OC(c2cncc(Br)c2)=NC1=Cc1ccc(Cl)cc1. The van der Waals surface area contributed by atoms with Gasteiger partial charge in [-0.25, -0.2) is 9.79 Å². The van der Waals surface area contributed by atoms with Crippen molar-refractivity contribution >= 4 is 45.5 Å². The van der Waals surface area contributed by atoms with E-state index in [1.165, 1.54) is 0 Å². The summed E-state index contributed by atoms with van der Waals surface area (Å²) in [5, 5.41) is 0.635. The average molecular weight is 364 g/mol. The summed E-state index contributed by atoms with van der Waals surface area (Å²) in [4.78, 5) is 20.1. The highest BCUT2D eigenvalue weighted by Gasteiger charge is 2.24. The van der Waals surface area contributed by atoms with Gasteiger partial charge in [-0.3, -0.25) is 4.98 Å². The predicted octanol–water partition coefficient (Wildman–Crippen LogP) is 3.84. The number of halogens is 2. The van der Waals surface area contributed by atoms with Crippen LogP contribution < -0.4 is 0 Å². The Bertz CT molecular complexity index is 769. The van der Waals surface area contributed by atoms with Gasteiger partial charge in [0.2, 0.25) is 5.90 Å². The number of carbonyl (C=O) groups is 1. The highest BCUT2D eigenvalue weighted by atomic mass is 79.9. The Hall–Kier alpha value is -1.98. The van der Waals surface area contributed by atoms with Crippen molar-refractivity contribution in [2.75, 3.05) is 0 Å². The molecule has 0 fully saturated rings. The first-order chi connectivity index (χ1) is 10.1. The fourth-order valence-corrected chi connectivity index (χ4v) is 2.27. The van der Waals surface area contributed by atoms with Gasteiger partial charge < -0.3 is 4.74 Å². The van der Waals surface area contributed by atoms with Gasteiger partial charge in [0.25, 0.3) is 0 Å². The van der Waals surface area contributed by atoms with Crippen molar-refractivity contribution in [3.8, 4) is 0 Å². The third-order valence-electron chi connectivity index (χ3n) is 2.75. The standard InChI is InChI=1S/C15H8BrClN2O2/c16-11-6-10(7-18-8-11)14-19-13(15(20)21-14)5-9-1-3-12(17)4-2-9/h1-8H. The second kappa shape index (κ2) is 5.79. The monoisotopic (exact) mass is 362 g/mol. The van der Waals surface area contributed by atoms with Crippen LogP contribution in [0, 0.1) is 0 Å². The van der Waals surface area contributed by atoms with E-state index in [2.05, 4.69) is 25.9 Å². The van der Waals surface area contributed by atoms with Crippen LogP contribution in [0.2, 0.25) is 5.02 Å². The zero-order valence-electron chi connectivity index (χ0n) is 10.6. The van der Waals surface area contributed by atoms with Gasteiger partial charge >= 0.3 is 5.97 Å². The summed E-state index contributed by atoms with van der Waals surface area (Å²) < 4.78 is 5.95. The fraction of sp³-hybridized carbons (Fsp3) is 0. The van der Waals surface area contributed by atoms with Gasteiger partial charge in [-0.1, -0.05) is 23.7 Å². The van der Waals surface area contributed by atoms with Gasteiger partial charge in [0, 0.05) is 21.9 Å². The van der Waals surface area contributed by atoms with Crippen LogP contribution in [0.5, 0.6) is 0 Å². The zero-order valence-corrected chi connectivity index (χ0v) is 12.9. The first-order valence-electron chi connectivity index (χ1n) is 6.01. The maximum Gasteiger partial charge on any atom is 0.363 e. The fourth-order valence-electron chi connectivity index (χ4n) is 1.78. The number of cyclic esters (lactones) is 1. The third kappa shape index (κ3) is 3.20. The molecule has 1 aliphatic heterocycles. The van der Waals surface area contributed by atoms with E-state index in [-0.39, 0.29) is 11.6 Å². The summed E-state index contributed by atoms with van der Waals surface area (Å²) in [6.45, 7) is 0. The lowest BCUT2D eigenvalue weighted by atomic mass is 10.2. The Morgan fingerprint density at radius 1 is 1.19 bits per heavy atom. The van der Waals surface area contributed by atoms with Crippen molar-refractivity contribution in [3.05, 3.63) is 69.0 Å². The molecule has 0 atom stereocenters. The molecule has 0 aliphatic carbocycles. The smallest absolute Gasteiger partial charge is 0.363 e. The number of pyridine rings is 1. The molecule has 21 heavy (non-hydrogen) atoms. The van der Waals surface area contributed by atoms with Crippen molar-refractivity contribution < 1.29 is 9.53 Å². The average Bonchev–Trinajstić information content (AvgIpc) is 2.83. The van der Waals surface area contributed by atoms with E-state index in [4.69, 9.17) is 16.3 Å². The minimum atomic E-state index is -0.486. The molecule has 0 unspecified atom stereocenters. The van der Waals surface area contributed by atoms with Crippen LogP contribution in [0.15, 0.2) is 57.9 Å². The lowest BCUT2D eigenvalue weighted by Crippen LogP contribution is -2.05. The van der Waals surface area contributed by atoms with Crippen LogP contribution in [0.25, 0.3) is 6.08 Å². The molecule has 0 spiro atoms. The largest absolute Gasteiger partial charge is 0.402 e. The maximum atomic E-state index is 11.9. The molecule has 1 aromatic carbocycles. The molecule has 1 aliphatic rings. The summed E-state index contributed by atoms with van der Waals surface area (Å²) in [5.41, 5.74) is 1.70. The number of hydrogen-bond donors (Lipinski definition) is 0. The summed E-state index contributed by atoms with van der Waals surface area (Å²) in [7, 11) is 0. The second-order valence-electron chi connectivity index (χ2n) is 4.28. The molecule has 0 amide bonds. The predicted molar refractivity (Wildman–Crippen MR) is 84.0 cm³/mol. The molecule has 2 heterocycles. The summed E-state index contributed by atoms with van der Waals surface area (Å²) in [5.74, 6) is -0.242. The normalized spacial score (nSPS) is 16.0. The molecular weight excluding hydrogens is 356 g/mol. The topological polar surface area (TPSA) is 51.5 Å². The number of carbonyl (C=O) groups excluding carboxylic acids is 1. The van der Waals surface area contributed by atoms with E-state index in [1.54, 1.807) is 48.8 Å². The van der Waals surface area contributed by atoms with Crippen LogP contribution in [0.4, 0.5) is 0 Å². The maximum absolute atomic E-state index is 11.9. The van der Waals surface area contributed by atoms with Gasteiger partial charge in [-0.05, 0) is 45.8 Å². The van der Waals surface area contributed by atoms with Gasteiger partial charge in [0.15, 0.2) is 5.70 Å². The van der Waals surface area contributed by atoms with Crippen molar-refractivity contribution in [3.63, 3.8) is 0 Å². The van der Waals surface area contributed by atoms with Crippen LogP contribution in [-0.4, -0.2) is 16.9 Å². The van der Waals surface area contributed by atoms with Crippen LogP contribution >= 0.6 is 27.5 Å². The summed E-state index contributed by atoms with van der Waals surface area (Å²) in [6, 6.07) is 8.88. The van der Waals surface area contributed by atoms with Gasteiger partial charge in [0.1, 0.15) is 0 Å². The Balaban J connectivity index is 1.93. The summed E-state index contributed by atoms with van der Waals surface area (Å²) in [6.07, 6.45) is 4.88. The van der Waals surface area contributed by atoms with E-state index in [9.17, 15) is 4.79 Å². The highest BCUT2D eigenvalue weighted by Crippen LogP contribution is 2.21. The van der Waals surface area contributed by atoms with Crippen molar-refractivity contribution in [2.45, 2.75) is 0 Å². The minimum Gasteiger partial charge on any atom is -0.402 e. The molecule has 1 aromatic heterocycles. The zero-order chi connectivity index (χ0) is 14.8. The molecule has 0 saturated carbocycles. The molecule has 0 N–H and O–H groups in total.